The first-order chi connectivity index (χ1) is 9.36. The summed E-state index contributed by atoms with van der Waals surface area (Å²) in [6, 6.07) is 7.70. The van der Waals surface area contributed by atoms with Crippen LogP contribution in [0, 0.1) is 0 Å². The second kappa shape index (κ2) is 5.16. The second-order valence-electron chi connectivity index (χ2n) is 3.81. The minimum Gasteiger partial charge on any atom is -0.478 e. The monoisotopic (exact) mass is 283 g/mol. The van der Waals surface area contributed by atoms with Gasteiger partial charge in [-0.3, -0.25) is 0 Å². The molecule has 20 heavy (non-hydrogen) atoms. The normalized spacial score (nSPS) is 11.2. The van der Waals surface area contributed by atoms with Crippen molar-refractivity contribution in [2.24, 2.45) is 0 Å². The van der Waals surface area contributed by atoms with Gasteiger partial charge in [-0.05, 0) is 30.3 Å². The molecule has 0 fully saturated rings. The summed E-state index contributed by atoms with van der Waals surface area (Å²) in [5.74, 6) is -1.02. The molecule has 0 unspecified atom stereocenters. The first-order valence-electron chi connectivity index (χ1n) is 5.37. The van der Waals surface area contributed by atoms with Gasteiger partial charge in [0.05, 0.1) is 5.56 Å². The standard InChI is InChI=1S/C12H8F3N3O2/c13-12(14,15)9-4-5-10(18-17-9)16-8-3-1-2-7(6-8)11(19)20/h1-6H,(H,16,18)(H,19,20). The first kappa shape index (κ1) is 13.8. The van der Waals surface area contributed by atoms with Gasteiger partial charge in [-0.1, -0.05) is 6.07 Å². The Labute approximate surface area is 111 Å². The van der Waals surface area contributed by atoms with Crippen molar-refractivity contribution in [3.8, 4) is 0 Å². The van der Waals surface area contributed by atoms with E-state index < -0.39 is 17.8 Å². The Morgan fingerprint density at radius 2 is 1.90 bits per heavy atom. The zero-order valence-corrected chi connectivity index (χ0v) is 9.85. The summed E-state index contributed by atoms with van der Waals surface area (Å²) < 4.78 is 36.9. The molecule has 0 aliphatic carbocycles. The van der Waals surface area contributed by atoms with Crippen molar-refractivity contribution in [1.29, 1.82) is 0 Å². The quantitative estimate of drug-likeness (QED) is 0.905. The smallest absolute Gasteiger partial charge is 0.435 e. The van der Waals surface area contributed by atoms with Gasteiger partial charge in [0.15, 0.2) is 11.5 Å². The molecule has 104 valence electrons. The molecule has 0 radical (unpaired) electrons. The number of aromatic nitrogens is 2. The Morgan fingerprint density at radius 1 is 1.15 bits per heavy atom. The number of halogens is 3. The number of carboxylic acids is 1. The van der Waals surface area contributed by atoms with E-state index in [2.05, 4.69) is 15.5 Å². The fourth-order valence-corrected chi connectivity index (χ4v) is 1.43. The number of anilines is 2. The highest BCUT2D eigenvalue weighted by Crippen LogP contribution is 2.27. The van der Waals surface area contributed by atoms with Crippen molar-refractivity contribution in [2.45, 2.75) is 6.18 Å². The number of benzene rings is 1. The molecule has 0 aliphatic heterocycles. The van der Waals surface area contributed by atoms with E-state index in [0.717, 1.165) is 12.1 Å². The summed E-state index contributed by atoms with van der Waals surface area (Å²) in [5.41, 5.74) is -0.656. The molecule has 8 heteroatoms. The summed E-state index contributed by atoms with van der Waals surface area (Å²) in [4.78, 5) is 10.8. The molecule has 0 spiro atoms. The van der Waals surface area contributed by atoms with Crippen LogP contribution in [0.4, 0.5) is 24.7 Å². The lowest BCUT2D eigenvalue weighted by molar-refractivity contribution is -0.141. The molecule has 0 aliphatic rings. The van der Waals surface area contributed by atoms with E-state index >= 15 is 0 Å². The fraction of sp³-hybridized carbons (Fsp3) is 0.0833. The lowest BCUT2D eigenvalue weighted by Crippen LogP contribution is -2.09. The van der Waals surface area contributed by atoms with Crippen LogP contribution < -0.4 is 5.32 Å². The molecule has 2 N–H and O–H groups in total. The van der Waals surface area contributed by atoms with Crippen LogP contribution in [0.15, 0.2) is 36.4 Å². The van der Waals surface area contributed by atoms with Crippen molar-refractivity contribution in [2.75, 3.05) is 5.32 Å². The summed E-state index contributed by atoms with van der Waals surface area (Å²) in [6.45, 7) is 0. The Morgan fingerprint density at radius 3 is 2.45 bits per heavy atom. The van der Waals surface area contributed by atoms with Crippen molar-refractivity contribution < 1.29 is 23.1 Å². The highest BCUT2D eigenvalue weighted by Gasteiger charge is 2.32. The molecule has 0 atom stereocenters. The maximum absolute atomic E-state index is 12.3. The summed E-state index contributed by atoms with van der Waals surface area (Å²) in [5, 5.41) is 17.9. The van der Waals surface area contributed by atoms with E-state index in [1.54, 1.807) is 6.07 Å². The second-order valence-corrected chi connectivity index (χ2v) is 3.81. The molecule has 0 saturated carbocycles. The summed E-state index contributed by atoms with van der Waals surface area (Å²) in [6.07, 6.45) is -4.55. The van der Waals surface area contributed by atoms with Crippen LogP contribution in [0.3, 0.4) is 0 Å². The molecular formula is C12H8F3N3O2. The van der Waals surface area contributed by atoms with Crippen LogP contribution in [0.1, 0.15) is 16.1 Å². The summed E-state index contributed by atoms with van der Waals surface area (Å²) >= 11 is 0. The Bertz CT molecular complexity index is 627. The highest BCUT2D eigenvalue weighted by atomic mass is 19.4. The topological polar surface area (TPSA) is 75.1 Å². The van der Waals surface area contributed by atoms with Gasteiger partial charge in [0.1, 0.15) is 0 Å². The molecule has 5 nitrogen and oxygen atoms in total. The van der Waals surface area contributed by atoms with E-state index in [9.17, 15) is 18.0 Å². The lowest BCUT2D eigenvalue weighted by atomic mass is 10.2. The summed E-state index contributed by atoms with van der Waals surface area (Å²) in [7, 11) is 0. The van der Waals surface area contributed by atoms with E-state index in [0.29, 0.717) is 5.69 Å². The van der Waals surface area contributed by atoms with Gasteiger partial charge in [-0.25, -0.2) is 4.79 Å². The number of nitrogens with one attached hydrogen (secondary N) is 1. The van der Waals surface area contributed by atoms with Crippen molar-refractivity contribution in [3.63, 3.8) is 0 Å². The van der Waals surface area contributed by atoms with Gasteiger partial charge < -0.3 is 10.4 Å². The maximum atomic E-state index is 12.3. The van der Waals surface area contributed by atoms with Crippen LogP contribution in [0.5, 0.6) is 0 Å². The van der Waals surface area contributed by atoms with Crippen LogP contribution in [0.2, 0.25) is 0 Å². The number of carboxylic acid groups (broad SMARTS) is 1. The number of hydrogen-bond acceptors (Lipinski definition) is 4. The number of rotatable bonds is 3. The van der Waals surface area contributed by atoms with Gasteiger partial charge >= 0.3 is 12.1 Å². The number of hydrogen-bond donors (Lipinski definition) is 2. The third-order valence-corrected chi connectivity index (χ3v) is 2.34. The van der Waals surface area contributed by atoms with Crippen molar-refractivity contribution >= 4 is 17.5 Å². The first-order valence-corrected chi connectivity index (χ1v) is 5.37. The minimum atomic E-state index is -4.55. The molecule has 0 saturated heterocycles. The average Bonchev–Trinajstić information content (AvgIpc) is 2.38. The Balaban J connectivity index is 2.18. The van der Waals surface area contributed by atoms with E-state index in [4.69, 9.17) is 5.11 Å². The van der Waals surface area contributed by atoms with E-state index in [-0.39, 0.29) is 11.4 Å². The lowest BCUT2D eigenvalue weighted by Gasteiger charge is -2.07. The largest absolute Gasteiger partial charge is 0.478 e. The molecule has 1 heterocycles. The Kier molecular flexibility index (Phi) is 3.55. The highest BCUT2D eigenvalue weighted by molar-refractivity contribution is 5.89. The minimum absolute atomic E-state index is 0.0508. The molecule has 2 rings (SSSR count). The zero-order valence-electron chi connectivity index (χ0n) is 9.85. The maximum Gasteiger partial charge on any atom is 0.435 e. The van der Waals surface area contributed by atoms with Crippen molar-refractivity contribution in [3.05, 3.63) is 47.7 Å². The number of nitrogens with zero attached hydrogens (tertiary/aromatic N) is 2. The van der Waals surface area contributed by atoms with Gasteiger partial charge in [0.2, 0.25) is 0 Å². The predicted octanol–water partition coefficient (Wildman–Crippen LogP) is 2.94. The van der Waals surface area contributed by atoms with Gasteiger partial charge in [0, 0.05) is 5.69 Å². The van der Waals surface area contributed by atoms with Crippen molar-refractivity contribution in [1.82, 2.24) is 10.2 Å². The molecule has 1 aromatic carbocycles. The third kappa shape index (κ3) is 3.22. The zero-order chi connectivity index (χ0) is 14.8. The fourth-order valence-electron chi connectivity index (χ4n) is 1.43. The molecular weight excluding hydrogens is 275 g/mol. The Hall–Kier alpha value is -2.64. The predicted molar refractivity (Wildman–Crippen MR) is 63.7 cm³/mol. The van der Waals surface area contributed by atoms with Gasteiger partial charge in [-0.2, -0.15) is 13.2 Å². The average molecular weight is 283 g/mol. The van der Waals surface area contributed by atoms with Gasteiger partial charge in [-0.15, -0.1) is 10.2 Å². The number of carbonyl (C=O) groups is 1. The van der Waals surface area contributed by atoms with E-state index in [1.165, 1.54) is 18.2 Å². The molecule has 2 aromatic rings. The van der Waals surface area contributed by atoms with E-state index in [1.807, 2.05) is 0 Å². The van der Waals surface area contributed by atoms with Gasteiger partial charge in [0.25, 0.3) is 0 Å². The molecule has 0 bridgehead atoms. The number of aromatic carboxylic acids is 1. The molecule has 1 aromatic heterocycles. The molecule has 0 amide bonds. The third-order valence-electron chi connectivity index (χ3n) is 2.34. The van der Waals surface area contributed by atoms with Crippen LogP contribution in [0.25, 0.3) is 0 Å². The van der Waals surface area contributed by atoms with Crippen LogP contribution >= 0.6 is 0 Å². The van der Waals surface area contributed by atoms with Crippen LogP contribution in [-0.4, -0.2) is 21.3 Å². The SMILES string of the molecule is O=C(O)c1cccc(Nc2ccc(C(F)(F)F)nn2)c1. The van der Waals surface area contributed by atoms with Crippen LogP contribution in [-0.2, 0) is 6.18 Å². The number of alkyl halides is 3.